The van der Waals surface area contributed by atoms with Crippen molar-refractivity contribution in [1.29, 1.82) is 0 Å². The highest BCUT2D eigenvalue weighted by Gasteiger charge is 2.43. The smallest absolute Gasteiger partial charge is 0.191 e. The molecule has 1 saturated carbocycles. The van der Waals surface area contributed by atoms with Gasteiger partial charge in [0.15, 0.2) is 5.96 Å². The van der Waals surface area contributed by atoms with Crippen molar-refractivity contribution in [2.45, 2.75) is 57.1 Å². The summed E-state index contributed by atoms with van der Waals surface area (Å²) < 4.78 is 18.8. The van der Waals surface area contributed by atoms with E-state index >= 15 is 0 Å². The van der Waals surface area contributed by atoms with Gasteiger partial charge in [-0.1, -0.05) is 18.2 Å². The Morgan fingerprint density at radius 2 is 2.12 bits per heavy atom. The van der Waals surface area contributed by atoms with Crippen LogP contribution in [0.1, 0.15) is 57.1 Å². The molecule has 1 heterocycles. The van der Waals surface area contributed by atoms with Gasteiger partial charge < -0.3 is 15.4 Å². The number of fused-ring (bicyclic) bond motifs is 1. The molecule has 1 fully saturated rings. The standard InChI is InChI=1S/C19H28FN3O/c1-2-21-18(22-13-7-12-20)23-16-14-19(10-5-6-11-19)24-17-9-4-3-8-15(16)17/h3-4,8-9,16H,2,5-7,10-14H2,1H3,(H2,21,22,23). The summed E-state index contributed by atoms with van der Waals surface area (Å²) in [5, 5.41) is 6.83. The van der Waals surface area contributed by atoms with Gasteiger partial charge in [0.05, 0.1) is 12.7 Å². The third kappa shape index (κ3) is 3.82. The second kappa shape index (κ2) is 7.86. The van der Waals surface area contributed by atoms with E-state index in [9.17, 15) is 4.39 Å². The summed E-state index contributed by atoms with van der Waals surface area (Å²) in [6.45, 7) is 3.01. The van der Waals surface area contributed by atoms with Crippen LogP contribution in [-0.2, 0) is 0 Å². The van der Waals surface area contributed by atoms with Crippen molar-refractivity contribution in [3.05, 3.63) is 29.8 Å². The van der Waals surface area contributed by atoms with Gasteiger partial charge in [-0.2, -0.15) is 0 Å². The molecule has 0 amide bonds. The topological polar surface area (TPSA) is 45.7 Å². The molecule has 1 aliphatic carbocycles. The van der Waals surface area contributed by atoms with Crippen LogP contribution in [0, 0.1) is 0 Å². The number of rotatable bonds is 5. The van der Waals surface area contributed by atoms with E-state index in [-0.39, 0.29) is 18.3 Å². The zero-order chi connectivity index (χ0) is 16.8. The van der Waals surface area contributed by atoms with Crippen LogP contribution < -0.4 is 15.4 Å². The number of ether oxygens (including phenoxy) is 1. The molecule has 2 aliphatic rings. The predicted octanol–water partition coefficient (Wildman–Crippen LogP) is 3.74. The maximum absolute atomic E-state index is 12.4. The van der Waals surface area contributed by atoms with Gasteiger partial charge in [0.25, 0.3) is 0 Å². The lowest BCUT2D eigenvalue weighted by Crippen LogP contribution is -2.46. The van der Waals surface area contributed by atoms with Gasteiger partial charge in [0.1, 0.15) is 11.4 Å². The van der Waals surface area contributed by atoms with Gasteiger partial charge in [-0.05, 0) is 45.1 Å². The average Bonchev–Trinajstić information content (AvgIpc) is 3.02. The predicted molar refractivity (Wildman–Crippen MR) is 95.3 cm³/mol. The number of halogens is 1. The first-order valence-electron chi connectivity index (χ1n) is 9.15. The summed E-state index contributed by atoms with van der Waals surface area (Å²) in [4.78, 5) is 4.50. The Bertz CT molecular complexity index is 569. The number of benzene rings is 1. The molecule has 1 unspecified atom stereocenters. The van der Waals surface area contributed by atoms with Crippen LogP contribution in [0.2, 0.25) is 0 Å². The van der Waals surface area contributed by atoms with Gasteiger partial charge in [0, 0.05) is 25.1 Å². The van der Waals surface area contributed by atoms with Crippen molar-refractivity contribution in [2.75, 3.05) is 19.8 Å². The molecule has 0 aromatic heterocycles. The van der Waals surface area contributed by atoms with Gasteiger partial charge in [-0.3, -0.25) is 9.38 Å². The molecule has 0 saturated heterocycles. The number of nitrogens with one attached hydrogen (secondary N) is 2. The average molecular weight is 333 g/mol. The number of alkyl halides is 1. The Kier molecular flexibility index (Phi) is 5.59. The minimum Gasteiger partial charge on any atom is -0.487 e. The number of hydrogen-bond acceptors (Lipinski definition) is 2. The van der Waals surface area contributed by atoms with E-state index in [1.807, 2.05) is 13.0 Å². The molecule has 1 aromatic rings. The lowest BCUT2D eigenvalue weighted by molar-refractivity contribution is 0.0396. The van der Waals surface area contributed by atoms with Crippen LogP contribution in [0.25, 0.3) is 0 Å². The molecular weight excluding hydrogens is 305 g/mol. The Morgan fingerprint density at radius 3 is 2.88 bits per heavy atom. The van der Waals surface area contributed by atoms with Crippen LogP contribution in [0.4, 0.5) is 4.39 Å². The summed E-state index contributed by atoms with van der Waals surface area (Å²) in [7, 11) is 0. The van der Waals surface area contributed by atoms with E-state index in [2.05, 4.69) is 33.8 Å². The van der Waals surface area contributed by atoms with Crippen molar-refractivity contribution in [3.8, 4) is 5.75 Å². The number of aliphatic imine (C=N–C) groups is 1. The summed E-state index contributed by atoms with van der Waals surface area (Å²) >= 11 is 0. The van der Waals surface area contributed by atoms with Gasteiger partial charge in [-0.25, -0.2) is 0 Å². The molecule has 1 aromatic carbocycles. The first-order valence-corrected chi connectivity index (χ1v) is 9.15. The van der Waals surface area contributed by atoms with E-state index in [0.717, 1.165) is 37.5 Å². The molecule has 2 N–H and O–H groups in total. The number of guanidine groups is 1. The fourth-order valence-electron chi connectivity index (χ4n) is 3.81. The van der Waals surface area contributed by atoms with Crippen molar-refractivity contribution in [3.63, 3.8) is 0 Å². The molecule has 0 radical (unpaired) electrons. The quantitative estimate of drug-likeness (QED) is 0.490. The first kappa shape index (κ1) is 17.1. The Balaban J connectivity index is 1.80. The fourth-order valence-corrected chi connectivity index (χ4v) is 3.81. The van der Waals surface area contributed by atoms with Crippen LogP contribution in [0.5, 0.6) is 5.75 Å². The molecule has 1 spiro atoms. The van der Waals surface area contributed by atoms with E-state index in [1.165, 1.54) is 18.4 Å². The lowest BCUT2D eigenvalue weighted by Gasteiger charge is -2.40. The minimum absolute atomic E-state index is 0.0394. The third-order valence-corrected chi connectivity index (χ3v) is 4.93. The summed E-state index contributed by atoms with van der Waals surface area (Å²) in [6.07, 6.45) is 6.13. The van der Waals surface area contributed by atoms with E-state index in [4.69, 9.17) is 4.74 Å². The third-order valence-electron chi connectivity index (χ3n) is 4.93. The first-order chi connectivity index (χ1) is 11.8. The maximum atomic E-state index is 12.4. The number of hydrogen-bond donors (Lipinski definition) is 2. The summed E-state index contributed by atoms with van der Waals surface area (Å²) in [5.74, 6) is 1.75. The Morgan fingerprint density at radius 1 is 1.33 bits per heavy atom. The number of nitrogens with zero attached hydrogens (tertiary/aromatic N) is 1. The minimum atomic E-state index is -0.327. The normalized spacial score (nSPS) is 22.1. The molecule has 1 aliphatic heterocycles. The SMILES string of the molecule is CCNC(=NCCCF)NC1CC2(CCCC2)Oc2ccccc21. The lowest BCUT2D eigenvalue weighted by atomic mass is 9.86. The maximum Gasteiger partial charge on any atom is 0.191 e. The van der Waals surface area contributed by atoms with E-state index < -0.39 is 0 Å². The Hall–Kier alpha value is -1.78. The van der Waals surface area contributed by atoms with Crippen molar-refractivity contribution < 1.29 is 9.13 Å². The monoisotopic (exact) mass is 333 g/mol. The highest BCUT2D eigenvalue weighted by Crippen LogP contribution is 2.46. The van der Waals surface area contributed by atoms with Gasteiger partial charge >= 0.3 is 0 Å². The van der Waals surface area contributed by atoms with Crippen molar-refractivity contribution >= 4 is 5.96 Å². The number of para-hydroxylation sites is 1. The summed E-state index contributed by atoms with van der Waals surface area (Å²) in [5.41, 5.74) is 1.15. The van der Waals surface area contributed by atoms with Crippen LogP contribution in [0.3, 0.4) is 0 Å². The zero-order valence-corrected chi connectivity index (χ0v) is 14.5. The van der Waals surface area contributed by atoms with Crippen LogP contribution >= 0.6 is 0 Å². The van der Waals surface area contributed by atoms with Crippen LogP contribution in [0.15, 0.2) is 29.3 Å². The van der Waals surface area contributed by atoms with Crippen molar-refractivity contribution in [1.82, 2.24) is 10.6 Å². The largest absolute Gasteiger partial charge is 0.487 e. The van der Waals surface area contributed by atoms with Gasteiger partial charge in [0.2, 0.25) is 0 Å². The fraction of sp³-hybridized carbons (Fsp3) is 0.632. The van der Waals surface area contributed by atoms with Gasteiger partial charge in [-0.15, -0.1) is 0 Å². The van der Waals surface area contributed by atoms with E-state index in [1.54, 1.807) is 0 Å². The highest BCUT2D eigenvalue weighted by atomic mass is 19.1. The molecule has 1 atom stereocenters. The van der Waals surface area contributed by atoms with Crippen molar-refractivity contribution in [2.24, 2.45) is 4.99 Å². The molecule has 3 rings (SSSR count). The molecule has 0 bridgehead atoms. The molecule has 24 heavy (non-hydrogen) atoms. The zero-order valence-electron chi connectivity index (χ0n) is 14.5. The second-order valence-corrected chi connectivity index (χ2v) is 6.73. The molecule has 132 valence electrons. The Labute approximate surface area is 143 Å². The summed E-state index contributed by atoms with van der Waals surface area (Å²) in [6, 6.07) is 8.45. The molecular formula is C19H28FN3O. The highest BCUT2D eigenvalue weighted by molar-refractivity contribution is 5.80. The van der Waals surface area contributed by atoms with Crippen LogP contribution in [-0.4, -0.2) is 31.3 Å². The second-order valence-electron chi connectivity index (χ2n) is 6.73. The van der Waals surface area contributed by atoms with E-state index in [0.29, 0.717) is 13.0 Å². The molecule has 5 heteroatoms. The molecule has 4 nitrogen and oxygen atoms in total.